The minimum absolute atomic E-state index is 0.0783. The average molecular weight is 358 g/mol. The van der Waals surface area contributed by atoms with E-state index in [2.05, 4.69) is 0 Å². The average Bonchev–Trinajstić information content (AvgIpc) is 3.12. The topological polar surface area (TPSA) is 55.4 Å². The number of rotatable bonds is 3. The van der Waals surface area contributed by atoms with E-state index >= 15 is 0 Å². The van der Waals surface area contributed by atoms with Crippen LogP contribution in [0.5, 0.6) is 28.7 Å². The Morgan fingerprint density at radius 1 is 0.923 bits per heavy atom. The number of hydrogen-bond donors (Lipinski definition) is 0. The molecule has 0 N–H and O–H groups in total. The van der Waals surface area contributed by atoms with Crippen molar-refractivity contribution >= 4 is 0 Å². The van der Waals surface area contributed by atoms with Gasteiger partial charge in [0, 0.05) is 5.56 Å². The normalized spacial score (nSPS) is 17.6. The van der Waals surface area contributed by atoms with E-state index in [4.69, 9.17) is 28.4 Å². The Labute approximate surface area is 152 Å². The first-order valence-corrected chi connectivity index (χ1v) is 8.55. The second-order valence-electron chi connectivity index (χ2n) is 6.24. The fourth-order valence-electron chi connectivity index (χ4n) is 3.65. The molecule has 2 aliphatic rings. The van der Waals surface area contributed by atoms with E-state index in [0.717, 1.165) is 40.2 Å². The van der Waals surface area contributed by atoms with Gasteiger partial charge < -0.3 is 28.4 Å². The maximum absolute atomic E-state index is 6.02. The van der Waals surface area contributed by atoms with Gasteiger partial charge >= 0.3 is 0 Å². The number of ether oxygens (including phenoxy) is 6. The van der Waals surface area contributed by atoms with E-state index < -0.39 is 0 Å². The van der Waals surface area contributed by atoms with Crippen molar-refractivity contribution in [3.8, 4) is 39.9 Å². The molecule has 0 aromatic heterocycles. The van der Waals surface area contributed by atoms with E-state index in [1.165, 1.54) is 0 Å². The second-order valence-corrected chi connectivity index (χ2v) is 6.24. The van der Waals surface area contributed by atoms with E-state index in [9.17, 15) is 0 Å². The minimum atomic E-state index is -0.0783. The summed E-state index contributed by atoms with van der Waals surface area (Å²) in [6.07, 6.45) is 0.662. The molecule has 1 atom stereocenters. The highest BCUT2D eigenvalue weighted by atomic mass is 16.7. The summed E-state index contributed by atoms with van der Waals surface area (Å²) in [7, 11) is 4.88. The molecule has 0 radical (unpaired) electrons. The molecule has 0 aliphatic carbocycles. The molecule has 2 aromatic carbocycles. The molecule has 0 amide bonds. The van der Waals surface area contributed by atoms with Gasteiger partial charge in [-0.1, -0.05) is 0 Å². The SMILES string of the molecule is COc1cc2c(c(OC)c1OC)-c1cc3c(cc1[C@H](C)OCC2)OCO3. The van der Waals surface area contributed by atoms with E-state index in [0.29, 0.717) is 23.9 Å². The van der Waals surface area contributed by atoms with Crippen molar-refractivity contribution in [3.05, 3.63) is 29.3 Å². The third-order valence-corrected chi connectivity index (χ3v) is 4.90. The Morgan fingerprint density at radius 2 is 1.65 bits per heavy atom. The zero-order valence-corrected chi connectivity index (χ0v) is 15.4. The van der Waals surface area contributed by atoms with Gasteiger partial charge in [-0.15, -0.1) is 0 Å². The molecule has 26 heavy (non-hydrogen) atoms. The van der Waals surface area contributed by atoms with Crippen molar-refractivity contribution in [2.75, 3.05) is 34.7 Å². The lowest BCUT2D eigenvalue weighted by molar-refractivity contribution is 0.0674. The van der Waals surface area contributed by atoms with Crippen LogP contribution >= 0.6 is 0 Å². The van der Waals surface area contributed by atoms with Crippen molar-refractivity contribution in [1.29, 1.82) is 0 Å². The van der Waals surface area contributed by atoms with Crippen LogP contribution < -0.4 is 23.7 Å². The highest BCUT2D eigenvalue weighted by Crippen LogP contribution is 2.51. The van der Waals surface area contributed by atoms with Crippen molar-refractivity contribution in [2.45, 2.75) is 19.4 Å². The standard InChI is InChI=1S/C20H22O6/c1-11-13-8-15-16(26-10-25-15)9-14(13)18-12(5-6-24-11)7-17(21-2)19(22-3)20(18)23-4/h7-9,11H,5-6,10H2,1-4H3/t11-/m0/s1. The summed E-state index contributed by atoms with van der Waals surface area (Å²) in [5.74, 6) is 3.32. The maximum Gasteiger partial charge on any atom is 0.231 e. The number of hydrogen-bond acceptors (Lipinski definition) is 6. The Hall–Kier alpha value is -2.60. The van der Waals surface area contributed by atoms with Crippen LogP contribution in [-0.2, 0) is 11.2 Å². The molecule has 0 saturated heterocycles. The maximum atomic E-state index is 6.02. The third kappa shape index (κ3) is 2.52. The third-order valence-electron chi connectivity index (χ3n) is 4.90. The highest BCUT2D eigenvalue weighted by Gasteiger charge is 2.29. The van der Waals surface area contributed by atoms with Crippen LogP contribution in [0.3, 0.4) is 0 Å². The smallest absolute Gasteiger partial charge is 0.231 e. The first kappa shape index (κ1) is 16.8. The molecule has 4 rings (SSSR count). The lowest BCUT2D eigenvalue weighted by Gasteiger charge is -2.26. The summed E-state index contributed by atoms with van der Waals surface area (Å²) in [6, 6.07) is 5.98. The predicted octanol–water partition coefficient (Wildman–Crippen LogP) is 3.74. The summed E-state index contributed by atoms with van der Waals surface area (Å²) in [4.78, 5) is 0. The molecule has 0 spiro atoms. The summed E-state index contributed by atoms with van der Waals surface area (Å²) in [5, 5.41) is 0. The Kier molecular flexibility index (Phi) is 4.28. The number of methoxy groups -OCH3 is 3. The van der Waals surface area contributed by atoms with Gasteiger partial charge in [0.05, 0.1) is 34.0 Å². The molecule has 2 aliphatic heterocycles. The summed E-state index contributed by atoms with van der Waals surface area (Å²) in [5.41, 5.74) is 4.08. The van der Waals surface area contributed by atoms with Gasteiger partial charge in [-0.2, -0.15) is 0 Å². The highest BCUT2D eigenvalue weighted by molar-refractivity contribution is 5.83. The first-order chi connectivity index (χ1) is 12.7. The summed E-state index contributed by atoms with van der Waals surface area (Å²) < 4.78 is 34.0. The van der Waals surface area contributed by atoms with Gasteiger partial charge in [0.1, 0.15) is 0 Å². The lowest BCUT2D eigenvalue weighted by atomic mass is 9.89. The molecule has 2 heterocycles. The molecule has 2 aromatic rings. The van der Waals surface area contributed by atoms with E-state index in [1.54, 1.807) is 21.3 Å². The van der Waals surface area contributed by atoms with Crippen molar-refractivity contribution in [2.24, 2.45) is 0 Å². The Morgan fingerprint density at radius 3 is 2.35 bits per heavy atom. The molecule has 6 nitrogen and oxygen atoms in total. The van der Waals surface area contributed by atoms with Crippen molar-refractivity contribution < 1.29 is 28.4 Å². The van der Waals surface area contributed by atoms with Crippen molar-refractivity contribution in [1.82, 2.24) is 0 Å². The van der Waals surface area contributed by atoms with E-state index in [-0.39, 0.29) is 12.9 Å². The van der Waals surface area contributed by atoms with Gasteiger partial charge in [-0.05, 0) is 48.2 Å². The second kappa shape index (κ2) is 6.61. The summed E-state index contributed by atoms with van der Waals surface area (Å²) >= 11 is 0. The first-order valence-electron chi connectivity index (χ1n) is 8.55. The Balaban J connectivity index is 2.05. The molecule has 0 fully saturated rings. The van der Waals surface area contributed by atoms with Crippen LogP contribution in [0, 0.1) is 0 Å². The predicted molar refractivity (Wildman–Crippen MR) is 95.7 cm³/mol. The van der Waals surface area contributed by atoms with Crippen LogP contribution in [0.25, 0.3) is 11.1 Å². The van der Waals surface area contributed by atoms with Gasteiger partial charge in [0.2, 0.25) is 12.5 Å². The fourth-order valence-corrected chi connectivity index (χ4v) is 3.65. The van der Waals surface area contributed by atoms with Crippen LogP contribution in [0.4, 0.5) is 0 Å². The lowest BCUT2D eigenvalue weighted by Crippen LogP contribution is -2.11. The van der Waals surface area contributed by atoms with Gasteiger partial charge in [-0.3, -0.25) is 0 Å². The molecular formula is C20H22O6. The number of fused-ring (bicyclic) bond motifs is 4. The zero-order chi connectivity index (χ0) is 18.3. The molecule has 0 bridgehead atoms. The molecule has 138 valence electrons. The monoisotopic (exact) mass is 358 g/mol. The summed E-state index contributed by atoms with van der Waals surface area (Å²) in [6.45, 7) is 2.86. The van der Waals surface area contributed by atoms with Crippen LogP contribution in [0.15, 0.2) is 18.2 Å². The molecule has 6 heteroatoms. The fraction of sp³-hybridized carbons (Fsp3) is 0.400. The quantitative estimate of drug-likeness (QED) is 0.833. The van der Waals surface area contributed by atoms with E-state index in [1.807, 2.05) is 25.1 Å². The molecule has 0 saturated carbocycles. The van der Waals surface area contributed by atoms with Gasteiger partial charge in [0.25, 0.3) is 0 Å². The number of benzene rings is 2. The van der Waals surface area contributed by atoms with Crippen LogP contribution in [0.1, 0.15) is 24.2 Å². The van der Waals surface area contributed by atoms with Gasteiger partial charge in [-0.25, -0.2) is 0 Å². The minimum Gasteiger partial charge on any atom is -0.493 e. The van der Waals surface area contributed by atoms with Crippen molar-refractivity contribution in [3.63, 3.8) is 0 Å². The van der Waals surface area contributed by atoms with Gasteiger partial charge in [0.15, 0.2) is 23.0 Å². The molecule has 0 unspecified atom stereocenters. The zero-order valence-electron chi connectivity index (χ0n) is 15.4. The molecular weight excluding hydrogens is 336 g/mol. The Bertz CT molecular complexity index is 845. The van der Waals surface area contributed by atoms with Crippen LogP contribution in [-0.4, -0.2) is 34.7 Å². The largest absolute Gasteiger partial charge is 0.493 e. The van der Waals surface area contributed by atoms with Crippen LogP contribution in [0.2, 0.25) is 0 Å².